The second kappa shape index (κ2) is 6.28. The maximum Gasteiger partial charge on any atom is 0.244 e. The zero-order chi connectivity index (χ0) is 16.6. The van der Waals surface area contributed by atoms with E-state index < -0.39 is 0 Å². The molecule has 1 aliphatic carbocycles. The quantitative estimate of drug-likeness (QED) is 0.651. The third-order valence-electron chi connectivity index (χ3n) is 4.30. The predicted molar refractivity (Wildman–Crippen MR) is 89.6 cm³/mol. The summed E-state index contributed by atoms with van der Waals surface area (Å²) in [4.78, 5) is 38.0. The van der Waals surface area contributed by atoms with E-state index in [1.807, 2.05) is 31.2 Å². The largest absolute Gasteiger partial charge is 0.324 e. The van der Waals surface area contributed by atoms with Crippen LogP contribution in [-0.4, -0.2) is 29.2 Å². The molecule has 0 radical (unpaired) electrons. The van der Waals surface area contributed by atoms with Gasteiger partial charge < -0.3 is 5.32 Å². The highest BCUT2D eigenvalue weighted by Crippen LogP contribution is 2.35. The summed E-state index contributed by atoms with van der Waals surface area (Å²) in [5.74, 6) is -1.44. The number of carbonyl (C=O) groups is 3. The van der Waals surface area contributed by atoms with Gasteiger partial charge in [0.2, 0.25) is 17.7 Å². The van der Waals surface area contributed by atoms with E-state index in [1.165, 1.54) is 0 Å². The highest BCUT2D eigenvalue weighted by atomic mass is 79.9. The molecule has 0 saturated carbocycles. The van der Waals surface area contributed by atoms with E-state index in [0.29, 0.717) is 18.5 Å². The van der Waals surface area contributed by atoms with Crippen LogP contribution >= 0.6 is 15.9 Å². The van der Waals surface area contributed by atoms with Crippen LogP contribution in [0.4, 0.5) is 5.69 Å². The summed E-state index contributed by atoms with van der Waals surface area (Å²) in [5, 5.41) is 2.74. The second-order valence-corrected chi connectivity index (χ2v) is 6.80. The Balaban J connectivity index is 1.68. The lowest BCUT2D eigenvalue weighted by molar-refractivity contribution is -0.142. The maximum absolute atomic E-state index is 12.3. The summed E-state index contributed by atoms with van der Waals surface area (Å²) in [7, 11) is 0. The molecule has 1 aromatic rings. The number of benzene rings is 1. The van der Waals surface area contributed by atoms with Crippen molar-refractivity contribution in [3.63, 3.8) is 0 Å². The van der Waals surface area contributed by atoms with Gasteiger partial charge in [0.1, 0.15) is 6.54 Å². The van der Waals surface area contributed by atoms with E-state index in [-0.39, 0.29) is 36.1 Å². The van der Waals surface area contributed by atoms with Crippen LogP contribution in [0.2, 0.25) is 0 Å². The van der Waals surface area contributed by atoms with Crippen LogP contribution in [0, 0.1) is 18.8 Å². The number of rotatable bonds is 3. The van der Waals surface area contributed by atoms with E-state index in [1.54, 1.807) is 6.07 Å². The van der Waals surface area contributed by atoms with Crippen LogP contribution in [0.5, 0.6) is 0 Å². The molecule has 1 N–H and O–H groups in total. The molecule has 5 nitrogen and oxygen atoms in total. The van der Waals surface area contributed by atoms with E-state index in [4.69, 9.17) is 0 Å². The van der Waals surface area contributed by atoms with Gasteiger partial charge in [0.15, 0.2) is 0 Å². The summed E-state index contributed by atoms with van der Waals surface area (Å²) < 4.78 is 0.766. The van der Waals surface area contributed by atoms with Crippen LogP contribution < -0.4 is 5.32 Å². The molecule has 3 amide bonds. The topological polar surface area (TPSA) is 66.5 Å². The molecule has 2 aliphatic rings. The van der Waals surface area contributed by atoms with E-state index in [0.717, 1.165) is 14.9 Å². The SMILES string of the molecule is Cc1ccc(NC(=O)CN2C(=O)[C@@H]3CC=CC[C@H]3C2=O)c(Br)c1. The zero-order valence-electron chi connectivity index (χ0n) is 12.7. The van der Waals surface area contributed by atoms with Crippen LogP contribution in [-0.2, 0) is 14.4 Å². The fraction of sp³-hybridized carbons (Fsp3) is 0.353. The van der Waals surface area contributed by atoms with E-state index in [2.05, 4.69) is 21.2 Å². The Kier molecular flexibility index (Phi) is 4.35. The van der Waals surface area contributed by atoms with Gasteiger partial charge in [0.25, 0.3) is 0 Å². The van der Waals surface area contributed by atoms with Crippen molar-refractivity contribution in [2.75, 3.05) is 11.9 Å². The van der Waals surface area contributed by atoms with Crippen LogP contribution in [0.25, 0.3) is 0 Å². The van der Waals surface area contributed by atoms with Gasteiger partial charge in [-0.1, -0.05) is 18.2 Å². The molecule has 1 heterocycles. The van der Waals surface area contributed by atoms with Crippen molar-refractivity contribution in [1.82, 2.24) is 4.90 Å². The number of aryl methyl sites for hydroxylation is 1. The minimum atomic E-state index is -0.372. The number of hydrogen-bond donors (Lipinski definition) is 1. The Morgan fingerprint density at radius 1 is 1.22 bits per heavy atom. The first-order chi connectivity index (χ1) is 11.0. The van der Waals surface area contributed by atoms with Crippen molar-refractivity contribution in [3.05, 3.63) is 40.4 Å². The summed E-state index contributed by atoms with van der Waals surface area (Å²) in [5.41, 5.74) is 1.69. The number of nitrogens with one attached hydrogen (secondary N) is 1. The Morgan fingerprint density at radius 2 is 1.83 bits per heavy atom. The summed E-state index contributed by atoms with van der Waals surface area (Å²) in [6, 6.07) is 5.56. The normalized spacial score (nSPS) is 23.1. The van der Waals surface area contributed by atoms with Crippen molar-refractivity contribution in [2.45, 2.75) is 19.8 Å². The number of imide groups is 1. The molecule has 120 valence electrons. The van der Waals surface area contributed by atoms with Crippen molar-refractivity contribution in [1.29, 1.82) is 0 Å². The van der Waals surface area contributed by atoms with Gasteiger partial charge in [-0.15, -0.1) is 0 Å². The molecule has 23 heavy (non-hydrogen) atoms. The summed E-state index contributed by atoms with van der Waals surface area (Å²) in [6.07, 6.45) is 5.02. The van der Waals surface area contributed by atoms with E-state index >= 15 is 0 Å². The molecule has 0 bridgehead atoms. The lowest BCUT2D eigenvalue weighted by Gasteiger charge is -2.15. The fourth-order valence-corrected chi connectivity index (χ4v) is 3.67. The standard InChI is InChI=1S/C17H17BrN2O3/c1-10-6-7-14(13(18)8-10)19-15(21)9-20-16(22)11-4-2-3-5-12(11)17(20)23/h2-3,6-8,11-12H,4-5,9H2,1H3,(H,19,21)/t11-,12-/m1/s1. The average Bonchev–Trinajstić information content (AvgIpc) is 2.76. The number of allylic oxidation sites excluding steroid dienone is 2. The van der Waals surface area contributed by atoms with Gasteiger partial charge in [-0.2, -0.15) is 0 Å². The molecule has 1 saturated heterocycles. The Morgan fingerprint density at radius 3 is 2.39 bits per heavy atom. The Labute approximate surface area is 142 Å². The van der Waals surface area contributed by atoms with Crippen molar-refractivity contribution < 1.29 is 14.4 Å². The molecule has 3 rings (SSSR count). The molecular formula is C17H17BrN2O3. The zero-order valence-corrected chi connectivity index (χ0v) is 14.3. The van der Waals surface area contributed by atoms with Crippen molar-refractivity contribution >= 4 is 39.3 Å². The number of anilines is 1. The monoisotopic (exact) mass is 376 g/mol. The molecule has 1 aliphatic heterocycles. The smallest absolute Gasteiger partial charge is 0.244 e. The first-order valence-electron chi connectivity index (χ1n) is 7.53. The fourth-order valence-electron chi connectivity index (χ4n) is 3.08. The molecular weight excluding hydrogens is 360 g/mol. The third kappa shape index (κ3) is 3.08. The summed E-state index contributed by atoms with van der Waals surface area (Å²) >= 11 is 3.39. The van der Waals surface area contributed by atoms with Crippen LogP contribution in [0.1, 0.15) is 18.4 Å². The number of carbonyl (C=O) groups excluding carboxylic acids is 3. The number of nitrogens with zero attached hydrogens (tertiary/aromatic N) is 1. The Hall–Kier alpha value is -1.95. The molecule has 1 fully saturated rings. The second-order valence-electron chi connectivity index (χ2n) is 5.95. The van der Waals surface area contributed by atoms with Gasteiger partial charge in [-0.05, 0) is 53.4 Å². The molecule has 0 unspecified atom stereocenters. The van der Waals surface area contributed by atoms with Crippen molar-refractivity contribution in [2.24, 2.45) is 11.8 Å². The molecule has 1 aromatic carbocycles. The minimum absolute atomic E-state index is 0.231. The highest BCUT2D eigenvalue weighted by molar-refractivity contribution is 9.10. The lowest BCUT2D eigenvalue weighted by Crippen LogP contribution is -2.38. The van der Waals surface area contributed by atoms with Crippen molar-refractivity contribution in [3.8, 4) is 0 Å². The number of likely N-dealkylation sites (tertiary alicyclic amines) is 1. The highest BCUT2D eigenvalue weighted by Gasteiger charge is 2.47. The number of amides is 3. The molecule has 0 spiro atoms. The van der Waals surface area contributed by atoms with Gasteiger partial charge in [0.05, 0.1) is 17.5 Å². The molecule has 2 atom stereocenters. The first-order valence-corrected chi connectivity index (χ1v) is 8.33. The van der Waals surface area contributed by atoms with Gasteiger partial charge in [-0.25, -0.2) is 0 Å². The van der Waals surface area contributed by atoms with Gasteiger partial charge >= 0.3 is 0 Å². The predicted octanol–water partition coefficient (Wildman–Crippen LogP) is 2.65. The first kappa shape index (κ1) is 15.9. The lowest BCUT2D eigenvalue weighted by atomic mass is 9.85. The Bertz CT molecular complexity index is 688. The third-order valence-corrected chi connectivity index (χ3v) is 4.96. The maximum atomic E-state index is 12.3. The number of hydrogen-bond acceptors (Lipinski definition) is 3. The minimum Gasteiger partial charge on any atom is -0.324 e. The summed E-state index contributed by atoms with van der Waals surface area (Å²) in [6.45, 7) is 1.72. The van der Waals surface area contributed by atoms with Gasteiger partial charge in [-0.3, -0.25) is 19.3 Å². The van der Waals surface area contributed by atoms with Gasteiger partial charge in [0, 0.05) is 4.47 Å². The number of halogens is 1. The molecule has 0 aromatic heterocycles. The average molecular weight is 377 g/mol. The van der Waals surface area contributed by atoms with Crippen LogP contribution in [0.3, 0.4) is 0 Å². The number of fused-ring (bicyclic) bond motifs is 1. The van der Waals surface area contributed by atoms with Crippen LogP contribution in [0.15, 0.2) is 34.8 Å². The molecule has 6 heteroatoms. The van der Waals surface area contributed by atoms with E-state index in [9.17, 15) is 14.4 Å².